The first kappa shape index (κ1) is 17.5. The number of ether oxygens (including phenoxy) is 4. The van der Waals surface area contributed by atoms with E-state index in [0.29, 0.717) is 31.3 Å². The SMILES string of the molecule is COc1ccc(S(=O)(=O)N2CCCCC2C2OCCO2)cc1OC. The van der Waals surface area contributed by atoms with Crippen molar-refractivity contribution in [3.8, 4) is 11.5 Å². The Hall–Kier alpha value is -1.35. The maximum Gasteiger partial charge on any atom is 0.243 e. The van der Waals surface area contributed by atoms with Gasteiger partial charge in [-0.15, -0.1) is 0 Å². The van der Waals surface area contributed by atoms with Gasteiger partial charge in [0.05, 0.1) is 38.4 Å². The third-order valence-corrected chi connectivity index (χ3v) is 6.34. The van der Waals surface area contributed by atoms with Crippen LogP contribution in [0, 0.1) is 0 Å². The van der Waals surface area contributed by atoms with Gasteiger partial charge in [0.15, 0.2) is 17.8 Å². The fourth-order valence-electron chi connectivity index (χ4n) is 3.21. The molecule has 134 valence electrons. The lowest BCUT2D eigenvalue weighted by atomic mass is 10.0. The highest BCUT2D eigenvalue weighted by molar-refractivity contribution is 7.89. The van der Waals surface area contributed by atoms with Crippen LogP contribution in [-0.2, 0) is 19.5 Å². The smallest absolute Gasteiger partial charge is 0.243 e. The molecule has 0 aromatic heterocycles. The Balaban J connectivity index is 1.92. The molecule has 2 aliphatic heterocycles. The highest BCUT2D eigenvalue weighted by Crippen LogP contribution is 2.34. The topological polar surface area (TPSA) is 74.3 Å². The van der Waals surface area contributed by atoms with Gasteiger partial charge < -0.3 is 18.9 Å². The average Bonchev–Trinajstić information content (AvgIpc) is 3.15. The number of hydrogen-bond donors (Lipinski definition) is 0. The number of hydrogen-bond acceptors (Lipinski definition) is 6. The molecule has 0 aliphatic carbocycles. The first-order valence-electron chi connectivity index (χ1n) is 8.05. The first-order valence-corrected chi connectivity index (χ1v) is 9.49. The molecule has 0 saturated carbocycles. The highest BCUT2D eigenvalue weighted by Gasteiger charge is 2.40. The zero-order chi connectivity index (χ0) is 17.2. The van der Waals surface area contributed by atoms with Crippen LogP contribution in [0.3, 0.4) is 0 Å². The molecule has 2 fully saturated rings. The summed E-state index contributed by atoms with van der Waals surface area (Å²) in [5.74, 6) is 0.884. The predicted molar refractivity (Wildman–Crippen MR) is 86.8 cm³/mol. The molecule has 2 heterocycles. The predicted octanol–water partition coefficient (Wildman–Crippen LogP) is 1.62. The highest BCUT2D eigenvalue weighted by atomic mass is 32.2. The Morgan fingerprint density at radius 1 is 1.08 bits per heavy atom. The standard InChI is InChI=1S/C16H23NO6S/c1-20-14-7-6-12(11-15(14)21-2)24(18,19)17-8-4-3-5-13(17)16-22-9-10-23-16/h6-7,11,13,16H,3-5,8-10H2,1-2H3. The second-order valence-electron chi connectivity index (χ2n) is 5.81. The van der Waals surface area contributed by atoms with Gasteiger partial charge in [-0.25, -0.2) is 8.42 Å². The molecule has 0 N–H and O–H groups in total. The van der Waals surface area contributed by atoms with Crippen LogP contribution in [0.4, 0.5) is 0 Å². The lowest BCUT2D eigenvalue weighted by molar-refractivity contribution is -0.0913. The Labute approximate surface area is 142 Å². The second kappa shape index (κ2) is 7.26. The van der Waals surface area contributed by atoms with E-state index in [1.165, 1.54) is 24.6 Å². The van der Waals surface area contributed by atoms with E-state index < -0.39 is 16.3 Å². The molecule has 1 unspecified atom stereocenters. The van der Waals surface area contributed by atoms with Crippen LogP contribution in [0.5, 0.6) is 11.5 Å². The van der Waals surface area contributed by atoms with E-state index in [9.17, 15) is 8.42 Å². The number of benzene rings is 1. The summed E-state index contributed by atoms with van der Waals surface area (Å²) < 4.78 is 49.3. The van der Waals surface area contributed by atoms with E-state index in [4.69, 9.17) is 18.9 Å². The zero-order valence-corrected chi connectivity index (χ0v) is 14.8. The van der Waals surface area contributed by atoms with Crippen molar-refractivity contribution in [2.75, 3.05) is 34.0 Å². The minimum absolute atomic E-state index is 0.185. The van der Waals surface area contributed by atoms with Crippen LogP contribution in [0.15, 0.2) is 23.1 Å². The third kappa shape index (κ3) is 3.23. The zero-order valence-electron chi connectivity index (χ0n) is 13.9. The Kier molecular flexibility index (Phi) is 5.29. The van der Waals surface area contributed by atoms with Gasteiger partial charge in [0, 0.05) is 12.6 Å². The molecule has 3 rings (SSSR count). The Morgan fingerprint density at radius 3 is 2.46 bits per heavy atom. The minimum atomic E-state index is -3.67. The van der Waals surface area contributed by atoms with Crippen LogP contribution >= 0.6 is 0 Å². The average molecular weight is 357 g/mol. The van der Waals surface area contributed by atoms with Gasteiger partial charge in [0.2, 0.25) is 10.0 Å². The van der Waals surface area contributed by atoms with E-state index in [2.05, 4.69) is 0 Å². The summed E-state index contributed by atoms with van der Waals surface area (Å²) in [6.45, 7) is 1.47. The van der Waals surface area contributed by atoms with Crippen molar-refractivity contribution >= 4 is 10.0 Å². The van der Waals surface area contributed by atoms with Gasteiger partial charge in [0.25, 0.3) is 0 Å². The summed E-state index contributed by atoms with van der Waals surface area (Å²) in [6, 6.07) is 4.35. The van der Waals surface area contributed by atoms with Crippen molar-refractivity contribution in [3.05, 3.63) is 18.2 Å². The number of piperidine rings is 1. The molecular weight excluding hydrogens is 334 g/mol. The fraction of sp³-hybridized carbons (Fsp3) is 0.625. The second-order valence-corrected chi connectivity index (χ2v) is 7.70. The van der Waals surface area contributed by atoms with Gasteiger partial charge >= 0.3 is 0 Å². The summed E-state index contributed by atoms with van der Waals surface area (Å²) in [4.78, 5) is 0.185. The van der Waals surface area contributed by atoms with Crippen molar-refractivity contribution in [1.29, 1.82) is 0 Å². The fourth-order valence-corrected chi connectivity index (χ4v) is 4.91. The van der Waals surface area contributed by atoms with E-state index in [-0.39, 0.29) is 10.9 Å². The maximum atomic E-state index is 13.1. The van der Waals surface area contributed by atoms with Crippen LogP contribution in [0.25, 0.3) is 0 Å². The maximum absolute atomic E-state index is 13.1. The molecule has 0 spiro atoms. The lowest BCUT2D eigenvalue weighted by Crippen LogP contribution is -2.50. The molecule has 0 bridgehead atoms. The molecular formula is C16H23NO6S. The van der Waals surface area contributed by atoms with Crippen molar-refractivity contribution in [1.82, 2.24) is 4.31 Å². The van der Waals surface area contributed by atoms with Gasteiger partial charge in [-0.3, -0.25) is 0 Å². The summed E-state index contributed by atoms with van der Waals surface area (Å²) in [6.07, 6.45) is 2.04. The number of methoxy groups -OCH3 is 2. The monoisotopic (exact) mass is 357 g/mol. The van der Waals surface area contributed by atoms with Crippen molar-refractivity contribution < 1.29 is 27.4 Å². The first-order chi connectivity index (χ1) is 11.6. The Bertz CT molecular complexity index is 671. The number of rotatable bonds is 5. The molecule has 7 nitrogen and oxygen atoms in total. The molecule has 1 aromatic carbocycles. The van der Waals surface area contributed by atoms with Gasteiger partial charge in [-0.05, 0) is 25.0 Å². The van der Waals surface area contributed by atoms with Crippen molar-refractivity contribution in [2.45, 2.75) is 36.5 Å². The van der Waals surface area contributed by atoms with Crippen molar-refractivity contribution in [3.63, 3.8) is 0 Å². The van der Waals surface area contributed by atoms with Gasteiger partial charge in [0.1, 0.15) is 0 Å². The quantitative estimate of drug-likeness (QED) is 0.797. The largest absolute Gasteiger partial charge is 0.493 e. The molecule has 2 aliphatic rings. The van der Waals surface area contributed by atoms with Gasteiger partial charge in [-0.2, -0.15) is 4.31 Å². The minimum Gasteiger partial charge on any atom is -0.493 e. The molecule has 8 heteroatoms. The van der Waals surface area contributed by atoms with E-state index in [1.54, 1.807) is 12.1 Å². The molecule has 0 amide bonds. The van der Waals surface area contributed by atoms with E-state index in [1.807, 2.05) is 0 Å². The summed E-state index contributed by atoms with van der Waals surface area (Å²) in [5.41, 5.74) is 0. The molecule has 0 radical (unpaired) electrons. The van der Waals surface area contributed by atoms with E-state index in [0.717, 1.165) is 19.3 Å². The summed E-state index contributed by atoms with van der Waals surface area (Å²) in [7, 11) is -0.669. The number of nitrogens with zero attached hydrogens (tertiary/aromatic N) is 1. The molecule has 1 aromatic rings. The van der Waals surface area contributed by atoms with Crippen molar-refractivity contribution in [2.24, 2.45) is 0 Å². The molecule has 24 heavy (non-hydrogen) atoms. The normalized spacial score (nSPS) is 23.3. The van der Waals surface area contributed by atoms with E-state index >= 15 is 0 Å². The molecule has 1 atom stereocenters. The van der Waals surface area contributed by atoms with Crippen LogP contribution < -0.4 is 9.47 Å². The van der Waals surface area contributed by atoms with Crippen LogP contribution in [0.1, 0.15) is 19.3 Å². The third-order valence-electron chi connectivity index (χ3n) is 4.42. The van der Waals surface area contributed by atoms with Crippen LogP contribution in [-0.4, -0.2) is 59.0 Å². The van der Waals surface area contributed by atoms with Crippen LogP contribution in [0.2, 0.25) is 0 Å². The number of sulfonamides is 1. The van der Waals surface area contributed by atoms with Gasteiger partial charge in [-0.1, -0.05) is 6.42 Å². The summed E-state index contributed by atoms with van der Waals surface area (Å²) >= 11 is 0. The molecule has 2 saturated heterocycles. The Morgan fingerprint density at radius 2 is 1.79 bits per heavy atom. The lowest BCUT2D eigenvalue weighted by Gasteiger charge is -2.36. The summed E-state index contributed by atoms with van der Waals surface area (Å²) in [5, 5.41) is 0.